The summed E-state index contributed by atoms with van der Waals surface area (Å²) in [6.45, 7) is 1.76. The minimum atomic E-state index is -0.493. The maximum Gasteiger partial charge on any atom is 0.174 e. The molecule has 0 saturated carbocycles. The second kappa shape index (κ2) is 5.27. The zero-order valence-corrected chi connectivity index (χ0v) is 11.6. The molecule has 1 aromatic heterocycles. The number of hydrogen-bond acceptors (Lipinski definition) is 5. The van der Waals surface area contributed by atoms with Crippen LogP contribution in [0.2, 0.25) is 0 Å². The molecule has 1 N–H and O–H groups in total. The molecular weight excluding hydrogens is 308 g/mol. The highest BCUT2D eigenvalue weighted by Crippen LogP contribution is 2.35. The van der Waals surface area contributed by atoms with Gasteiger partial charge in [0.05, 0.1) is 6.10 Å². The van der Waals surface area contributed by atoms with Crippen molar-refractivity contribution in [2.24, 2.45) is 0 Å². The van der Waals surface area contributed by atoms with E-state index in [1.165, 1.54) is 29.6 Å². The summed E-state index contributed by atoms with van der Waals surface area (Å²) in [5, 5.41) is 9.69. The van der Waals surface area contributed by atoms with Crippen molar-refractivity contribution in [1.29, 1.82) is 0 Å². The molecule has 0 spiro atoms. The molecule has 1 unspecified atom stereocenters. The number of hydrogen-bond donors (Lipinski definition) is 1. The third-order valence-corrected chi connectivity index (χ3v) is 4.26. The zero-order chi connectivity index (χ0) is 11.5. The molecule has 0 fully saturated rings. The molecule has 0 aliphatic carbocycles. The maximum absolute atomic E-state index is 9.69. The Hall–Kier alpha value is -0.430. The highest BCUT2D eigenvalue weighted by Gasteiger charge is 2.11. The Kier molecular flexibility index (Phi) is 3.96. The van der Waals surface area contributed by atoms with E-state index in [9.17, 15) is 5.11 Å². The average Bonchev–Trinajstić information content (AvgIpc) is 2.73. The number of benzene rings is 1. The number of aliphatic hydroxyl groups is 1. The van der Waals surface area contributed by atoms with Gasteiger partial charge in [0.15, 0.2) is 4.34 Å². The van der Waals surface area contributed by atoms with Gasteiger partial charge in [0.25, 0.3) is 0 Å². The van der Waals surface area contributed by atoms with E-state index in [-0.39, 0.29) is 0 Å². The largest absolute Gasteiger partial charge is 0.389 e. The van der Waals surface area contributed by atoms with Gasteiger partial charge in [-0.3, -0.25) is 0 Å². The van der Waals surface area contributed by atoms with Gasteiger partial charge >= 0.3 is 0 Å². The van der Waals surface area contributed by atoms with Crippen molar-refractivity contribution in [3.8, 4) is 0 Å². The summed E-state index contributed by atoms with van der Waals surface area (Å²) >= 11 is 6.27. The molecule has 0 amide bonds. The number of nitrogens with zero attached hydrogens (tertiary/aromatic N) is 2. The summed E-state index contributed by atoms with van der Waals surface area (Å²) in [5.74, 6) is 0. The average molecular weight is 317 g/mol. The Morgan fingerprint density at radius 3 is 2.94 bits per heavy atom. The first kappa shape index (κ1) is 12.0. The molecule has 0 radical (unpaired) electrons. The van der Waals surface area contributed by atoms with Crippen LogP contribution in [0.3, 0.4) is 0 Å². The van der Waals surface area contributed by atoms with E-state index in [0.717, 1.165) is 19.3 Å². The second-order valence-electron chi connectivity index (χ2n) is 3.17. The molecule has 2 aromatic rings. The van der Waals surface area contributed by atoms with E-state index in [0.29, 0.717) is 0 Å². The zero-order valence-electron chi connectivity index (χ0n) is 8.42. The van der Waals surface area contributed by atoms with Crippen LogP contribution in [0.1, 0.15) is 18.6 Å². The summed E-state index contributed by atoms with van der Waals surface area (Å²) in [4.78, 5) is 5.12. The van der Waals surface area contributed by atoms with E-state index in [2.05, 4.69) is 25.3 Å². The van der Waals surface area contributed by atoms with Gasteiger partial charge in [-0.1, -0.05) is 27.7 Å². The van der Waals surface area contributed by atoms with Crippen molar-refractivity contribution in [2.45, 2.75) is 22.3 Å². The fourth-order valence-corrected chi connectivity index (χ4v) is 3.22. The molecule has 16 heavy (non-hydrogen) atoms. The SMILES string of the molecule is CC(O)c1cc(Br)ccc1Sc1ncns1. The minimum absolute atomic E-state index is 0.493. The molecule has 6 heteroatoms. The summed E-state index contributed by atoms with van der Waals surface area (Å²) in [5.41, 5.74) is 0.898. The molecular formula is C10H9BrN2OS2. The molecule has 1 atom stereocenters. The van der Waals surface area contributed by atoms with Crippen molar-refractivity contribution in [2.75, 3.05) is 0 Å². The predicted molar refractivity (Wildman–Crippen MR) is 68.8 cm³/mol. The first-order chi connectivity index (χ1) is 7.66. The van der Waals surface area contributed by atoms with Gasteiger partial charge in [0.2, 0.25) is 0 Å². The molecule has 1 aromatic carbocycles. The van der Waals surface area contributed by atoms with Gasteiger partial charge < -0.3 is 5.11 Å². The minimum Gasteiger partial charge on any atom is -0.389 e. The van der Waals surface area contributed by atoms with Crippen molar-refractivity contribution in [3.05, 3.63) is 34.6 Å². The van der Waals surface area contributed by atoms with Gasteiger partial charge in [-0.15, -0.1) is 0 Å². The Morgan fingerprint density at radius 1 is 1.50 bits per heavy atom. The van der Waals surface area contributed by atoms with Crippen molar-refractivity contribution in [1.82, 2.24) is 9.36 Å². The van der Waals surface area contributed by atoms with Crippen LogP contribution in [0.25, 0.3) is 0 Å². The Labute approximate surface area is 110 Å². The van der Waals surface area contributed by atoms with Crippen LogP contribution in [-0.2, 0) is 0 Å². The van der Waals surface area contributed by atoms with Crippen LogP contribution in [0.15, 0.2) is 38.2 Å². The standard InChI is InChI=1S/C10H9BrN2OS2/c1-6(14)8-4-7(11)2-3-9(8)15-10-12-5-13-16-10/h2-6,14H,1H3. The van der Waals surface area contributed by atoms with Crippen LogP contribution in [0, 0.1) is 0 Å². The Balaban J connectivity index is 2.33. The monoisotopic (exact) mass is 316 g/mol. The molecule has 1 heterocycles. The van der Waals surface area contributed by atoms with Crippen LogP contribution in [-0.4, -0.2) is 14.5 Å². The predicted octanol–water partition coefficient (Wildman–Crippen LogP) is 3.51. The van der Waals surface area contributed by atoms with Gasteiger partial charge in [-0.05, 0) is 42.2 Å². The number of aliphatic hydroxyl groups excluding tert-OH is 1. The normalized spacial score (nSPS) is 12.7. The fraction of sp³-hybridized carbons (Fsp3) is 0.200. The van der Waals surface area contributed by atoms with E-state index in [1.807, 2.05) is 18.2 Å². The first-order valence-electron chi connectivity index (χ1n) is 4.59. The van der Waals surface area contributed by atoms with E-state index in [4.69, 9.17) is 0 Å². The van der Waals surface area contributed by atoms with Crippen LogP contribution in [0.5, 0.6) is 0 Å². The van der Waals surface area contributed by atoms with Crippen LogP contribution in [0.4, 0.5) is 0 Å². The molecule has 3 nitrogen and oxygen atoms in total. The highest BCUT2D eigenvalue weighted by atomic mass is 79.9. The van der Waals surface area contributed by atoms with E-state index < -0.39 is 6.10 Å². The Morgan fingerprint density at radius 2 is 2.31 bits per heavy atom. The molecule has 0 aliphatic rings. The quantitative estimate of drug-likeness (QED) is 0.941. The van der Waals surface area contributed by atoms with E-state index in [1.54, 1.807) is 6.92 Å². The van der Waals surface area contributed by atoms with Gasteiger partial charge in [0, 0.05) is 9.37 Å². The highest BCUT2D eigenvalue weighted by molar-refractivity contribution is 9.10. The number of halogens is 1. The van der Waals surface area contributed by atoms with Crippen molar-refractivity contribution in [3.63, 3.8) is 0 Å². The second-order valence-corrected chi connectivity index (χ2v) is 6.15. The third kappa shape index (κ3) is 2.82. The molecule has 84 valence electrons. The molecule has 0 saturated heterocycles. The summed E-state index contributed by atoms with van der Waals surface area (Å²) < 4.78 is 5.79. The summed E-state index contributed by atoms with van der Waals surface area (Å²) in [6, 6.07) is 5.85. The van der Waals surface area contributed by atoms with Crippen molar-refractivity contribution >= 4 is 39.2 Å². The van der Waals surface area contributed by atoms with Crippen LogP contribution < -0.4 is 0 Å². The lowest BCUT2D eigenvalue weighted by Crippen LogP contribution is -1.93. The maximum atomic E-state index is 9.69. The lowest BCUT2D eigenvalue weighted by atomic mass is 10.1. The molecule has 0 bridgehead atoms. The molecule has 2 rings (SSSR count). The van der Waals surface area contributed by atoms with E-state index >= 15 is 0 Å². The Bertz CT molecular complexity index is 474. The van der Waals surface area contributed by atoms with Gasteiger partial charge in [-0.2, -0.15) is 4.37 Å². The fourth-order valence-electron chi connectivity index (χ4n) is 1.24. The lowest BCUT2D eigenvalue weighted by molar-refractivity contribution is 0.196. The summed E-state index contributed by atoms with van der Waals surface area (Å²) in [7, 11) is 0. The van der Waals surface area contributed by atoms with Gasteiger partial charge in [0.1, 0.15) is 6.33 Å². The smallest absolute Gasteiger partial charge is 0.174 e. The topological polar surface area (TPSA) is 46.0 Å². The number of rotatable bonds is 3. The lowest BCUT2D eigenvalue weighted by Gasteiger charge is -2.10. The van der Waals surface area contributed by atoms with Gasteiger partial charge in [-0.25, -0.2) is 4.98 Å². The first-order valence-corrected chi connectivity index (χ1v) is 6.97. The third-order valence-electron chi connectivity index (χ3n) is 1.96. The van der Waals surface area contributed by atoms with Crippen molar-refractivity contribution < 1.29 is 5.11 Å². The number of aromatic nitrogens is 2. The summed E-state index contributed by atoms with van der Waals surface area (Å²) in [6.07, 6.45) is 1.04. The molecule has 0 aliphatic heterocycles. The van der Waals surface area contributed by atoms with Crippen LogP contribution >= 0.6 is 39.2 Å².